The van der Waals surface area contributed by atoms with Crippen LogP contribution in [0.5, 0.6) is 0 Å². The van der Waals surface area contributed by atoms with Gasteiger partial charge in [-0.3, -0.25) is 14.5 Å². The van der Waals surface area contributed by atoms with Crippen LogP contribution < -0.4 is 0 Å². The van der Waals surface area contributed by atoms with Crippen LogP contribution in [-0.4, -0.2) is 36.0 Å². The first kappa shape index (κ1) is 11.4. The van der Waals surface area contributed by atoms with Gasteiger partial charge in [0.05, 0.1) is 17.7 Å². The van der Waals surface area contributed by atoms with Gasteiger partial charge in [0, 0.05) is 18.6 Å². The normalized spacial score (nSPS) is 25.5. The van der Waals surface area contributed by atoms with Crippen LogP contribution in [-0.2, 0) is 4.74 Å². The number of fused-ring (bicyclic) bond motifs is 1. The average Bonchev–Trinajstić information content (AvgIpc) is 3.10. The lowest BCUT2D eigenvalue weighted by Gasteiger charge is -2.13. The van der Waals surface area contributed by atoms with E-state index >= 15 is 0 Å². The minimum absolute atomic E-state index is 0.0314. The Morgan fingerprint density at radius 3 is 2.39 bits per heavy atom. The van der Waals surface area contributed by atoms with Crippen LogP contribution in [0.25, 0.3) is 0 Å². The molecule has 0 saturated heterocycles. The molecule has 1 aliphatic heterocycles. The molecule has 94 valence electrons. The summed E-state index contributed by atoms with van der Waals surface area (Å²) in [5, 5.41) is 0. The van der Waals surface area contributed by atoms with E-state index in [9.17, 15) is 9.59 Å². The summed E-state index contributed by atoms with van der Waals surface area (Å²) in [6.45, 7) is 3.25. The van der Waals surface area contributed by atoms with Gasteiger partial charge in [0.1, 0.15) is 0 Å². The largest absolute Gasteiger partial charge is 0.381 e. The molecule has 1 aromatic carbocycles. The molecule has 1 aliphatic carbocycles. The summed E-state index contributed by atoms with van der Waals surface area (Å²) < 4.78 is 5.35. The molecule has 0 radical (unpaired) electrons. The number of benzene rings is 1. The predicted octanol–water partition coefficient (Wildman–Crippen LogP) is 1.71. The maximum absolute atomic E-state index is 12.2. The highest BCUT2D eigenvalue weighted by molar-refractivity contribution is 6.21. The van der Waals surface area contributed by atoms with Crippen molar-refractivity contribution in [3.63, 3.8) is 0 Å². The second-order valence-electron chi connectivity index (χ2n) is 4.75. The van der Waals surface area contributed by atoms with Crippen molar-refractivity contribution in [2.24, 2.45) is 5.92 Å². The molecule has 2 aliphatic rings. The molecule has 0 bridgehead atoms. The third-order valence-corrected chi connectivity index (χ3v) is 3.58. The number of carbonyl (C=O) groups is 2. The standard InChI is InChI=1S/C14H15NO3/c1-2-18-8-9-7-12(9)15-13(16)10-5-3-4-6-11(10)14(15)17/h3-6,9,12H,2,7-8H2,1H3/t9?,12-/m1/s1. The summed E-state index contributed by atoms with van der Waals surface area (Å²) in [6.07, 6.45) is 0.867. The van der Waals surface area contributed by atoms with Crippen molar-refractivity contribution in [2.45, 2.75) is 19.4 Å². The Morgan fingerprint density at radius 1 is 1.22 bits per heavy atom. The second kappa shape index (κ2) is 4.21. The maximum Gasteiger partial charge on any atom is 0.261 e. The van der Waals surface area contributed by atoms with Gasteiger partial charge < -0.3 is 4.74 Å². The fraction of sp³-hybridized carbons (Fsp3) is 0.429. The van der Waals surface area contributed by atoms with Gasteiger partial charge in [-0.25, -0.2) is 0 Å². The van der Waals surface area contributed by atoms with Gasteiger partial charge in [-0.15, -0.1) is 0 Å². The monoisotopic (exact) mass is 245 g/mol. The molecule has 1 heterocycles. The zero-order valence-corrected chi connectivity index (χ0v) is 10.3. The number of imide groups is 1. The van der Waals surface area contributed by atoms with Crippen LogP contribution in [0.1, 0.15) is 34.1 Å². The first-order valence-electron chi connectivity index (χ1n) is 6.28. The van der Waals surface area contributed by atoms with Crippen LogP contribution in [0.2, 0.25) is 0 Å². The minimum atomic E-state index is -0.153. The summed E-state index contributed by atoms with van der Waals surface area (Å²) in [5.41, 5.74) is 1.06. The van der Waals surface area contributed by atoms with E-state index in [0.29, 0.717) is 30.3 Å². The SMILES string of the molecule is CCOCC1C[C@H]1N1C(=O)c2ccccc2C1=O. The Labute approximate surface area is 106 Å². The molecule has 4 nitrogen and oxygen atoms in total. The zero-order valence-electron chi connectivity index (χ0n) is 10.3. The molecule has 2 atom stereocenters. The Kier molecular flexibility index (Phi) is 2.67. The highest BCUT2D eigenvalue weighted by Gasteiger charge is 2.50. The van der Waals surface area contributed by atoms with E-state index in [0.717, 1.165) is 6.42 Å². The van der Waals surface area contributed by atoms with E-state index in [4.69, 9.17) is 4.74 Å². The van der Waals surface area contributed by atoms with Crippen molar-refractivity contribution >= 4 is 11.8 Å². The molecular formula is C14H15NO3. The molecule has 4 heteroatoms. The highest BCUT2D eigenvalue weighted by atomic mass is 16.5. The Hall–Kier alpha value is -1.68. The first-order valence-corrected chi connectivity index (χ1v) is 6.28. The number of amides is 2. The van der Waals surface area contributed by atoms with Crippen molar-refractivity contribution in [1.82, 2.24) is 4.90 Å². The quantitative estimate of drug-likeness (QED) is 0.759. The van der Waals surface area contributed by atoms with Gasteiger partial charge in [0.2, 0.25) is 0 Å². The summed E-state index contributed by atoms with van der Waals surface area (Å²) >= 11 is 0. The number of nitrogens with zero attached hydrogens (tertiary/aromatic N) is 1. The third kappa shape index (κ3) is 1.64. The van der Waals surface area contributed by atoms with E-state index in [1.807, 2.05) is 6.92 Å². The van der Waals surface area contributed by atoms with Gasteiger partial charge >= 0.3 is 0 Å². The van der Waals surface area contributed by atoms with Gasteiger partial charge in [-0.2, -0.15) is 0 Å². The smallest absolute Gasteiger partial charge is 0.261 e. The molecule has 1 fully saturated rings. The fourth-order valence-electron chi connectivity index (χ4n) is 2.51. The number of hydrogen-bond donors (Lipinski definition) is 0. The van der Waals surface area contributed by atoms with Crippen LogP contribution in [0, 0.1) is 5.92 Å². The van der Waals surface area contributed by atoms with E-state index in [2.05, 4.69) is 0 Å². The predicted molar refractivity (Wildman–Crippen MR) is 65.3 cm³/mol. The molecule has 0 spiro atoms. The van der Waals surface area contributed by atoms with E-state index in [1.54, 1.807) is 24.3 Å². The fourth-order valence-corrected chi connectivity index (χ4v) is 2.51. The summed E-state index contributed by atoms with van der Waals surface area (Å²) in [5.74, 6) is 0.00589. The van der Waals surface area contributed by atoms with Gasteiger partial charge in [0.15, 0.2) is 0 Å². The molecular weight excluding hydrogens is 230 g/mol. The topological polar surface area (TPSA) is 46.6 Å². The van der Waals surface area contributed by atoms with E-state index in [1.165, 1.54) is 4.90 Å². The second-order valence-corrected chi connectivity index (χ2v) is 4.75. The molecule has 3 rings (SSSR count). The summed E-state index contributed by atoms with van der Waals surface area (Å²) in [6, 6.07) is 7.05. The molecule has 0 N–H and O–H groups in total. The van der Waals surface area contributed by atoms with Crippen molar-refractivity contribution in [1.29, 1.82) is 0 Å². The maximum atomic E-state index is 12.2. The number of hydrogen-bond acceptors (Lipinski definition) is 3. The summed E-state index contributed by atoms with van der Waals surface area (Å²) in [7, 11) is 0. The molecule has 1 aromatic rings. The molecule has 1 saturated carbocycles. The van der Waals surface area contributed by atoms with Gasteiger partial charge in [-0.1, -0.05) is 12.1 Å². The molecule has 0 aromatic heterocycles. The van der Waals surface area contributed by atoms with Crippen LogP contribution in [0.4, 0.5) is 0 Å². The zero-order chi connectivity index (χ0) is 12.7. The van der Waals surface area contributed by atoms with E-state index < -0.39 is 0 Å². The molecule has 2 amide bonds. The van der Waals surface area contributed by atoms with Gasteiger partial charge in [0.25, 0.3) is 11.8 Å². The number of ether oxygens (including phenoxy) is 1. The lowest BCUT2D eigenvalue weighted by Crippen LogP contribution is -2.33. The minimum Gasteiger partial charge on any atom is -0.381 e. The molecule has 18 heavy (non-hydrogen) atoms. The van der Waals surface area contributed by atoms with Crippen LogP contribution >= 0.6 is 0 Å². The first-order chi connectivity index (χ1) is 8.74. The molecule has 1 unspecified atom stereocenters. The van der Waals surface area contributed by atoms with Crippen molar-refractivity contribution in [2.75, 3.05) is 13.2 Å². The average molecular weight is 245 g/mol. The van der Waals surface area contributed by atoms with Crippen molar-refractivity contribution in [3.8, 4) is 0 Å². The Bertz CT molecular complexity index is 477. The third-order valence-electron chi connectivity index (χ3n) is 3.58. The lowest BCUT2D eigenvalue weighted by atomic mass is 10.1. The van der Waals surface area contributed by atoms with Gasteiger partial charge in [-0.05, 0) is 25.5 Å². The van der Waals surface area contributed by atoms with Crippen molar-refractivity contribution < 1.29 is 14.3 Å². The number of carbonyl (C=O) groups excluding carboxylic acids is 2. The van der Waals surface area contributed by atoms with E-state index in [-0.39, 0.29) is 17.9 Å². The Morgan fingerprint density at radius 2 is 1.83 bits per heavy atom. The van der Waals surface area contributed by atoms with Crippen LogP contribution in [0.3, 0.4) is 0 Å². The lowest BCUT2D eigenvalue weighted by molar-refractivity contribution is 0.0616. The van der Waals surface area contributed by atoms with Crippen LogP contribution in [0.15, 0.2) is 24.3 Å². The summed E-state index contributed by atoms with van der Waals surface area (Å²) in [4.78, 5) is 25.8. The van der Waals surface area contributed by atoms with Crippen molar-refractivity contribution in [3.05, 3.63) is 35.4 Å². The number of rotatable bonds is 4. The Balaban J connectivity index is 1.78. The highest BCUT2D eigenvalue weighted by Crippen LogP contribution is 2.40.